The normalized spacial score (nSPS) is 26.5. The fourth-order valence-corrected chi connectivity index (χ4v) is 4.32. The van der Waals surface area contributed by atoms with E-state index in [1.165, 1.54) is 10.5 Å². The van der Waals surface area contributed by atoms with Crippen LogP contribution in [0.5, 0.6) is 0 Å². The molecule has 0 bridgehead atoms. The Kier molecular flexibility index (Phi) is 4.01. The standard InChI is InChI=1S/C20H18BrNO2/c21-15-7-9-16(10-8-15)22-19(23)17-11-6-14(12-18(17)20(22)24)13-4-2-1-3-5-13/h1-5,7-10,14,17-18H,6,11-12H2/t14-,17-,18-/m1/s1. The highest BCUT2D eigenvalue weighted by atomic mass is 79.9. The average molecular weight is 384 g/mol. The zero-order chi connectivity index (χ0) is 16.7. The molecule has 24 heavy (non-hydrogen) atoms. The minimum atomic E-state index is -0.180. The third-order valence-corrected chi connectivity index (χ3v) is 5.81. The number of anilines is 1. The monoisotopic (exact) mass is 383 g/mol. The van der Waals surface area contributed by atoms with Gasteiger partial charge in [0.2, 0.25) is 11.8 Å². The van der Waals surface area contributed by atoms with Gasteiger partial charge in [0.15, 0.2) is 0 Å². The van der Waals surface area contributed by atoms with Gasteiger partial charge >= 0.3 is 0 Å². The van der Waals surface area contributed by atoms with Crippen LogP contribution >= 0.6 is 15.9 Å². The number of nitrogens with zero attached hydrogens (tertiary/aromatic N) is 1. The lowest BCUT2D eigenvalue weighted by molar-refractivity contribution is -0.122. The highest BCUT2D eigenvalue weighted by Gasteiger charge is 2.50. The maximum absolute atomic E-state index is 12.9. The van der Waals surface area contributed by atoms with Gasteiger partial charge in [0.1, 0.15) is 0 Å². The fourth-order valence-electron chi connectivity index (χ4n) is 4.05. The SMILES string of the molecule is O=C1[C@@H]2CC[C@@H](c3ccccc3)C[C@H]2C(=O)N1c1ccc(Br)cc1. The van der Waals surface area contributed by atoms with Gasteiger partial charge in [0, 0.05) is 4.47 Å². The maximum Gasteiger partial charge on any atom is 0.237 e. The van der Waals surface area contributed by atoms with Crippen LogP contribution in [0.25, 0.3) is 0 Å². The Hall–Kier alpha value is -1.94. The summed E-state index contributed by atoms with van der Waals surface area (Å²) in [4.78, 5) is 27.1. The van der Waals surface area contributed by atoms with Crippen molar-refractivity contribution in [3.05, 3.63) is 64.6 Å². The second kappa shape index (κ2) is 6.17. The molecule has 1 saturated heterocycles. The predicted octanol–water partition coefficient (Wildman–Crippen LogP) is 4.52. The van der Waals surface area contributed by atoms with Crippen LogP contribution in [0.4, 0.5) is 5.69 Å². The van der Waals surface area contributed by atoms with Crippen LogP contribution in [0.3, 0.4) is 0 Å². The van der Waals surface area contributed by atoms with Crippen LogP contribution in [0, 0.1) is 11.8 Å². The molecule has 122 valence electrons. The van der Waals surface area contributed by atoms with Crippen molar-refractivity contribution in [3.63, 3.8) is 0 Å². The molecule has 3 atom stereocenters. The Morgan fingerprint density at radius 2 is 1.50 bits per heavy atom. The van der Waals surface area contributed by atoms with Crippen LogP contribution in [0.2, 0.25) is 0 Å². The Labute approximate surface area is 149 Å². The smallest absolute Gasteiger partial charge is 0.237 e. The van der Waals surface area contributed by atoms with E-state index in [0.29, 0.717) is 11.6 Å². The van der Waals surface area contributed by atoms with E-state index in [4.69, 9.17) is 0 Å². The van der Waals surface area contributed by atoms with E-state index in [0.717, 1.165) is 23.7 Å². The quantitative estimate of drug-likeness (QED) is 0.714. The third-order valence-electron chi connectivity index (χ3n) is 5.28. The van der Waals surface area contributed by atoms with Crippen LogP contribution in [-0.2, 0) is 9.59 Å². The Morgan fingerprint density at radius 1 is 0.833 bits per heavy atom. The number of fused-ring (bicyclic) bond motifs is 1. The van der Waals surface area contributed by atoms with Gasteiger partial charge in [0.25, 0.3) is 0 Å². The number of rotatable bonds is 2. The number of benzene rings is 2. The summed E-state index contributed by atoms with van der Waals surface area (Å²) in [7, 11) is 0. The van der Waals surface area contributed by atoms with Gasteiger partial charge in [-0.05, 0) is 55.0 Å². The highest BCUT2D eigenvalue weighted by molar-refractivity contribution is 9.10. The Balaban J connectivity index is 1.60. The van der Waals surface area contributed by atoms with Crippen molar-refractivity contribution in [1.82, 2.24) is 0 Å². The van der Waals surface area contributed by atoms with E-state index in [1.54, 1.807) is 0 Å². The first-order valence-electron chi connectivity index (χ1n) is 8.33. The lowest BCUT2D eigenvalue weighted by Crippen LogP contribution is -2.30. The first-order chi connectivity index (χ1) is 11.6. The van der Waals surface area contributed by atoms with E-state index in [1.807, 2.05) is 42.5 Å². The maximum atomic E-state index is 12.9. The number of halogens is 1. The van der Waals surface area contributed by atoms with Crippen molar-refractivity contribution in [3.8, 4) is 0 Å². The van der Waals surface area contributed by atoms with Gasteiger partial charge in [-0.25, -0.2) is 0 Å². The molecule has 2 aromatic rings. The van der Waals surface area contributed by atoms with Crippen molar-refractivity contribution in [2.24, 2.45) is 11.8 Å². The molecule has 0 spiro atoms. The average Bonchev–Trinajstić information content (AvgIpc) is 2.87. The van der Waals surface area contributed by atoms with E-state index in [2.05, 4.69) is 28.1 Å². The third kappa shape index (κ3) is 2.59. The Morgan fingerprint density at radius 3 is 2.21 bits per heavy atom. The summed E-state index contributed by atoms with van der Waals surface area (Å²) in [6.07, 6.45) is 2.53. The second-order valence-electron chi connectivity index (χ2n) is 6.62. The summed E-state index contributed by atoms with van der Waals surface area (Å²) in [5, 5.41) is 0. The molecule has 0 radical (unpaired) electrons. The van der Waals surface area contributed by atoms with Gasteiger partial charge in [-0.15, -0.1) is 0 Å². The minimum Gasteiger partial charge on any atom is -0.274 e. The number of carbonyl (C=O) groups excluding carboxylic acids is 2. The molecule has 0 aromatic heterocycles. The molecule has 2 aromatic carbocycles. The summed E-state index contributed by atoms with van der Waals surface area (Å²) < 4.78 is 0.937. The van der Waals surface area contributed by atoms with E-state index < -0.39 is 0 Å². The molecule has 1 saturated carbocycles. The minimum absolute atomic E-state index is 0.0289. The molecule has 2 amide bonds. The largest absolute Gasteiger partial charge is 0.274 e. The fraction of sp³-hybridized carbons (Fsp3) is 0.300. The van der Waals surface area contributed by atoms with Gasteiger partial charge in [-0.3, -0.25) is 14.5 Å². The molecule has 1 heterocycles. The molecule has 0 N–H and O–H groups in total. The number of imide groups is 1. The molecule has 0 unspecified atom stereocenters. The second-order valence-corrected chi connectivity index (χ2v) is 7.54. The van der Waals surface area contributed by atoms with Crippen molar-refractivity contribution >= 4 is 33.4 Å². The molecule has 2 aliphatic rings. The number of carbonyl (C=O) groups is 2. The molecule has 3 nitrogen and oxygen atoms in total. The summed E-state index contributed by atoms with van der Waals surface area (Å²) in [6.45, 7) is 0. The van der Waals surface area contributed by atoms with Crippen molar-refractivity contribution in [2.45, 2.75) is 25.2 Å². The molecular weight excluding hydrogens is 366 g/mol. The van der Waals surface area contributed by atoms with Crippen LogP contribution < -0.4 is 4.90 Å². The molecule has 1 aliphatic heterocycles. The van der Waals surface area contributed by atoms with Gasteiger partial charge in [-0.2, -0.15) is 0 Å². The van der Waals surface area contributed by atoms with Crippen molar-refractivity contribution in [2.75, 3.05) is 4.90 Å². The van der Waals surface area contributed by atoms with Gasteiger partial charge < -0.3 is 0 Å². The lowest BCUT2D eigenvalue weighted by Gasteiger charge is -2.28. The molecule has 4 rings (SSSR count). The molecule has 2 fully saturated rings. The van der Waals surface area contributed by atoms with Crippen molar-refractivity contribution in [1.29, 1.82) is 0 Å². The van der Waals surface area contributed by atoms with E-state index >= 15 is 0 Å². The molecule has 1 aliphatic carbocycles. The predicted molar refractivity (Wildman–Crippen MR) is 96.6 cm³/mol. The number of hydrogen-bond acceptors (Lipinski definition) is 2. The van der Waals surface area contributed by atoms with Crippen LogP contribution in [0.15, 0.2) is 59.1 Å². The van der Waals surface area contributed by atoms with Crippen LogP contribution in [-0.4, -0.2) is 11.8 Å². The topological polar surface area (TPSA) is 37.4 Å². The molecular formula is C20H18BrNO2. The lowest BCUT2D eigenvalue weighted by atomic mass is 9.73. The summed E-state index contributed by atoms with van der Waals surface area (Å²) >= 11 is 3.39. The van der Waals surface area contributed by atoms with Crippen LogP contribution in [0.1, 0.15) is 30.7 Å². The first kappa shape index (κ1) is 15.6. The summed E-state index contributed by atoms with van der Waals surface area (Å²) in [5.74, 6) is -0.0259. The summed E-state index contributed by atoms with van der Waals surface area (Å²) in [5.41, 5.74) is 1.96. The zero-order valence-electron chi connectivity index (χ0n) is 13.2. The first-order valence-corrected chi connectivity index (χ1v) is 9.13. The van der Waals surface area contributed by atoms with E-state index in [9.17, 15) is 9.59 Å². The number of amides is 2. The molecule has 4 heteroatoms. The summed E-state index contributed by atoms with van der Waals surface area (Å²) in [6, 6.07) is 17.7. The Bertz CT molecular complexity index is 772. The highest BCUT2D eigenvalue weighted by Crippen LogP contribution is 2.45. The van der Waals surface area contributed by atoms with Gasteiger partial charge in [-0.1, -0.05) is 46.3 Å². The van der Waals surface area contributed by atoms with Gasteiger partial charge in [0.05, 0.1) is 17.5 Å². The van der Waals surface area contributed by atoms with Crippen molar-refractivity contribution < 1.29 is 9.59 Å². The van der Waals surface area contributed by atoms with E-state index in [-0.39, 0.29) is 23.7 Å². The zero-order valence-corrected chi connectivity index (χ0v) is 14.8. The number of hydrogen-bond donors (Lipinski definition) is 0.